The molecule has 1 aromatic rings. The van der Waals surface area contributed by atoms with Crippen LogP contribution in [0.5, 0.6) is 0 Å². The minimum absolute atomic E-state index is 0.361. The van der Waals surface area contributed by atoms with Crippen molar-refractivity contribution < 1.29 is 9.47 Å². The molecule has 96 valence electrons. The average molecular weight is 240 g/mol. The van der Waals surface area contributed by atoms with Crippen molar-refractivity contribution in [2.45, 2.75) is 13.5 Å². The van der Waals surface area contributed by atoms with Gasteiger partial charge in [0.2, 0.25) is 0 Å². The van der Waals surface area contributed by atoms with Crippen LogP contribution in [0.25, 0.3) is 0 Å². The van der Waals surface area contributed by atoms with Crippen LogP contribution in [0, 0.1) is 0 Å². The number of hydrogen-bond donors (Lipinski definition) is 1. The summed E-state index contributed by atoms with van der Waals surface area (Å²) in [5, 5.41) is 0. The molecule has 0 fully saturated rings. The summed E-state index contributed by atoms with van der Waals surface area (Å²) >= 11 is 0. The van der Waals surface area contributed by atoms with Gasteiger partial charge in [-0.05, 0) is 6.92 Å². The number of likely N-dealkylation sites (N-methyl/N-ethyl adjacent to an activating group) is 1. The second-order valence-corrected chi connectivity index (χ2v) is 3.57. The zero-order valence-corrected chi connectivity index (χ0v) is 10.6. The van der Waals surface area contributed by atoms with E-state index in [9.17, 15) is 0 Å². The van der Waals surface area contributed by atoms with E-state index >= 15 is 0 Å². The summed E-state index contributed by atoms with van der Waals surface area (Å²) in [7, 11) is 3.28. The van der Waals surface area contributed by atoms with Gasteiger partial charge in [0.25, 0.3) is 0 Å². The van der Waals surface area contributed by atoms with Gasteiger partial charge in [-0.25, -0.2) is 9.97 Å². The van der Waals surface area contributed by atoms with E-state index in [4.69, 9.17) is 15.2 Å². The topological polar surface area (TPSA) is 73.5 Å². The molecule has 0 spiro atoms. The fourth-order valence-corrected chi connectivity index (χ4v) is 1.49. The lowest BCUT2D eigenvalue weighted by molar-refractivity contribution is 0.178. The van der Waals surface area contributed by atoms with Crippen LogP contribution in [0.15, 0.2) is 6.07 Å². The zero-order chi connectivity index (χ0) is 12.7. The molecule has 1 rings (SSSR count). The molecule has 0 atom stereocenters. The molecule has 2 N–H and O–H groups in total. The van der Waals surface area contributed by atoms with Crippen molar-refractivity contribution in [1.82, 2.24) is 9.97 Å². The van der Waals surface area contributed by atoms with Gasteiger partial charge in [0.05, 0.1) is 6.61 Å². The molecule has 1 heterocycles. The highest BCUT2D eigenvalue weighted by Gasteiger charge is 2.09. The Morgan fingerprint density at radius 1 is 1.29 bits per heavy atom. The number of nitrogens with two attached hydrogens (primary N) is 1. The first-order valence-corrected chi connectivity index (χ1v) is 5.57. The quantitative estimate of drug-likeness (QED) is 0.755. The lowest BCUT2D eigenvalue weighted by atomic mass is 10.4. The maximum Gasteiger partial charge on any atom is 0.158 e. The van der Waals surface area contributed by atoms with Gasteiger partial charge in [-0.15, -0.1) is 0 Å². The molecule has 0 aromatic carbocycles. The smallest absolute Gasteiger partial charge is 0.158 e. The van der Waals surface area contributed by atoms with Gasteiger partial charge in [-0.3, -0.25) is 0 Å². The maximum absolute atomic E-state index is 5.75. The Morgan fingerprint density at radius 3 is 2.65 bits per heavy atom. The predicted octanol–water partition coefficient (Wildman–Crippen LogP) is 0.678. The molecule has 0 aliphatic rings. The molecule has 0 aliphatic carbocycles. The zero-order valence-electron chi connectivity index (χ0n) is 10.6. The fraction of sp³-hybridized carbons (Fsp3) is 0.636. The van der Waals surface area contributed by atoms with E-state index in [1.54, 1.807) is 20.3 Å². The fourth-order valence-electron chi connectivity index (χ4n) is 1.49. The first-order chi connectivity index (χ1) is 8.21. The Morgan fingerprint density at radius 2 is 2.06 bits per heavy atom. The van der Waals surface area contributed by atoms with E-state index in [2.05, 4.69) is 21.8 Å². The molecule has 0 saturated carbocycles. The third kappa shape index (κ3) is 4.16. The summed E-state index contributed by atoms with van der Waals surface area (Å²) in [6.07, 6.45) is 0. The highest BCUT2D eigenvalue weighted by atomic mass is 16.5. The molecule has 1 aromatic heterocycles. The average Bonchev–Trinajstić information content (AvgIpc) is 2.30. The third-order valence-corrected chi connectivity index (χ3v) is 2.32. The molecule has 0 bridgehead atoms. The van der Waals surface area contributed by atoms with Gasteiger partial charge >= 0.3 is 0 Å². The number of ether oxygens (including phenoxy) is 2. The summed E-state index contributed by atoms with van der Waals surface area (Å²) in [5.74, 6) is 1.86. The molecule has 17 heavy (non-hydrogen) atoms. The third-order valence-electron chi connectivity index (χ3n) is 2.32. The molecule has 6 nitrogen and oxygen atoms in total. The highest BCUT2D eigenvalue weighted by Crippen LogP contribution is 2.14. The SMILES string of the molecule is CCN(CCOC)c1cc(N)nc(COC)n1. The summed E-state index contributed by atoms with van der Waals surface area (Å²) in [5.41, 5.74) is 5.75. The molecule has 0 amide bonds. The normalized spacial score (nSPS) is 10.5. The van der Waals surface area contributed by atoms with Crippen LogP contribution >= 0.6 is 0 Å². The minimum atomic E-state index is 0.361. The summed E-state index contributed by atoms with van der Waals surface area (Å²) in [6, 6.07) is 1.76. The van der Waals surface area contributed by atoms with Crippen molar-refractivity contribution in [3.63, 3.8) is 0 Å². The van der Waals surface area contributed by atoms with Crippen LogP contribution in [0.2, 0.25) is 0 Å². The van der Waals surface area contributed by atoms with E-state index in [0.29, 0.717) is 24.9 Å². The Hall–Kier alpha value is -1.40. The lowest BCUT2D eigenvalue weighted by Gasteiger charge is -2.22. The Labute approximate surface area is 102 Å². The number of rotatable bonds is 7. The summed E-state index contributed by atoms with van der Waals surface area (Å²) in [4.78, 5) is 10.6. The van der Waals surface area contributed by atoms with Crippen LogP contribution < -0.4 is 10.6 Å². The predicted molar refractivity (Wildman–Crippen MR) is 66.9 cm³/mol. The number of aromatic nitrogens is 2. The number of anilines is 2. The molecular formula is C11H20N4O2. The van der Waals surface area contributed by atoms with E-state index in [0.717, 1.165) is 18.9 Å². The maximum atomic E-state index is 5.75. The number of nitrogen functional groups attached to an aromatic ring is 1. The first kappa shape index (κ1) is 13.7. The first-order valence-electron chi connectivity index (χ1n) is 5.57. The van der Waals surface area contributed by atoms with Gasteiger partial charge in [0.15, 0.2) is 5.82 Å². The Bertz CT molecular complexity index is 346. The Balaban J connectivity index is 2.85. The van der Waals surface area contributed by atoms with E-state index < -0.39 is 0 Å². The molecule has 0 unspecified atom stereocenters. The Kier molecular flexibility index (Phi) is 5.65. The van der Waals surface area contributed by atoms with E-state index in [1.165, 1.54) is 0 Å². The van der Waals surface area contributed by atoms with Gasteiger partial charge in [0, 0.05) is 33.4 Å². The van der Waals surface area contributed by atoms with E-state index in [-0.39, 0.29) is 0 Å². The molecule has 0 aliphatic heterocycles. The second-order valence-electron chi connectivity index (χ2n) is 3.57. The second kappa shape index (κ2) is 7.03. The monoisotopic (exact) mass is 240 g/mol. The molecule has 6 heteroatoms. The summed E-state index contributed by atoms with van der Waals surface area (Å²) in [6.45, 7) is 4.68. The van der Waals surface area contributed by atoms with Crippen LogP contribution in [0.4, 0.5) is 11.6 Å². The van der Waals surface area contributed by atoms with Crippen LogP contribution in [0.1, 0.15) is 12.7 Å². The lowest BCUT2D eigenvalue weighted by Crippen LogP contribution is -2.28. The van der Waals surface area contributed by atoms with Gasteiger partial charge in [-0.2, -0.15) is 0 Å². The summed E-state index contributed by atoms with van der Waals surface area (Å²) < 4.78 is 10.1. The molecular weight excluding hydrogens is 220 g/mol. The van der Waals surface area contributed by atoms with Crippen molar-refractivity contribution >= 4 is 11.6 Å². The van der Waals surface area contributed by atoms with Crippen molar-refractivity contribution in [2.75, 3.05) is 44.5 Å². The largest absolute Gasteiger partial charge is 0.384 e. The van der Waals surface area contributed by atoms with Gasteiger partial charge in [0.1, 0.15) is 18.2 Å². The van der Waals surface area contributed by atoms with E-state index in [1.807, 2.05) is 0 Å². The van der Waals surface area contributed by atoms with Gasteiger partial charge < -0.3 is 20.1 Å². The highest BCUT2D eigenvalue weighted by molar-refractivity contribution is 5.46. The number of nitrogens with zero attached hydrogens (tertiary/aromatic N) is 3. The molecule has 0 radical (unpaired) electrons. The standard InChI is InChI=1S/C11H20N4O2/c1-4-15(5-6-16-2)11-7-9(12)13-10(14-11)8-17-3/h7H,4-6,8H2,1-3H3,(H2,12,13,14). The molecule has 0 saturated heterocycles. The van der Waals surface area contributed by atoms with Crippen LogP contribution in [-0.4, -0.2) is 43.9 Å². The van der Waals surface area contributed by atoms with Crippen molar-refractivity contribution in [3.05, 3.63) is 11.9 Å². The van der Waals surface area contributed by atoms with Crippen molar-refractivity contribution in [1.29, 1.82) is 0 Å². The van der Waals surface area contributed by atoms with Crippen LogP contribution in [0.3, 0.4) is 0 Å². The van der Waals surface area contributed by atoms with Crippen molar-refractivity contribution in [2.24, 2.45) is 0 Å². The van der Waals surface area contributed by atoms with Gasteiger partial charge in [-0.1, -0.05) is 0 Å². The minimum Gasteiger partial charge on any atom is -0.384 e. The number of methoxy groups -OCH3 is 2. The van der Waals surface area contributed by atoms with Crippen LogP contribution in [-0.2, 0) is 16.1 Å². The van der Waals surface area contributed by atoms with Crippen molar-refractivity contribution in [3.8, 4) is 0 Å². The number of hydrogen-bond acceptors (Lipinski definition) is 6.